The second kappa shape index (κ2) is 6.88. The summed E-state index contributed by atoms with van der Waals surface area (Å²) in [6.07, 6.45) is 1.22. The van der Waals surface area contributed by atoms with Gasteiger partial charge in [-0.2, -0.15) is 0 Å². The van der Waals surface area contributed by atoms with Gasteiger partial charge in [0, 0.05) is 32.2 Å². The molecule has 0 bridgehead atoms. The number of hydrogen-bond donors (Lipinski definition) is 2. The van der Waals surface area contributed by atoms with Gasteiger partial charge in [-0.1, -0.05) is 29.8 Å². The summed E-state index contributed by atoms with van der Waals surface area (Å²) < 4.78 is 0. The topological polar surface area (TPSA) is 27.3 Å². The normalized spacial score (nSPS) is 21.1. The van der Waals surface area contributed by atoms with Crippen LogP contribution in [0.3, 0.4) is 0 Å². The van der Waals surface area contributed by atoms with Crippen molar-refractivity contribution in [1.29, 1.82) is 0 Å². The number of nitrogens with one attached hydrogen (secondary N) is 2. The minimum absolute atomic E-state index is 0.685. The molecule has 1 aromatic rings. The summed E-state index contributed by atoms with van der Waals surface area (Å²) in [5.41, 5.74) is 2.70. The second-order valence-corrected chi connectivity index (χ2v) is 5.29. The first-order valence-electron chi connectivity index (χ1n) is 6.93. The first-order valence-corrected chi connectivity index (χ1v) is 6.93. The predicted molar refractivity (Wildman–Crippen MR) is 76.8 cm³/mol. The van der Waals surface area contributed by atoms with Gasteiger partial charge in [-0.25, -0.2) is 0 Å². The quantitative estimate of drug-likeness (QED) is 0.770. The summed E-state index contributed by atoms with van der Waals surface area (Å²) in [5.74, 6) is 0. The SMILES string of the molecule is Cc1ccc(CNCCC2CNCCN2C)cc1. The zero-order chi connectivity index (χ0) is 12.8. The molecule has 1 heterocycles. The maximum absolute atomic E-state index is 3.53. The molecule has 1 aliphatic heterocycles. The van der Waals surface area contributed by atoms with Crippen molar-refractivity contribution in [3.63, 3.8) is 0 Å². The van der Waals surface area contributed by atoms with Crippen molar-refractivity contribution >= 4 is 0 Å². The molecule has 3 nitrogen and oxygen atoms in total. The van der Waals surface area contributed by atoms with Crippen LogP contribution in [0.2, 0.25) is 0 Å². The van der Waals surface area contributed by atoms with Gasteiger partial charge in [-0.15, -0.1) is 0 Å². The van der Waals surface area contributed by atoms with E-state index < -0.39 is 0 Å². The smallest absolute Gasteiger partial charge is 0.0230 e. The summed E-state index contributed by atoms with van der Waals surface area (Å²) in [7, 11) is 2.23. The summed E-state index contributed by atoms with van der Waals surface area (Å²) in [6, 6.07) is 9.45. The van der Waals surface area contributed by atoms with E-state index in [-0.39, 0.29) is 0 Å². The van der Waals surface area contributed by atoms with Gasteiger partial charge in [0.05, 0.1) is 0 Å². The number of aryl methyl sites for hydroxylation is 1. The van der Waals surface area contributed by atoms with Crippen LogP contribution in [0.15, 0.2) is 24.3 Å². The summed E-state index contributed by atoms with van der Waals surface area (Å²) in [5, 5.41) is 7.00. The molecule has 1 atom stereocenters. The Labute approximate surface area is 111 Å². The predicted octanol–water partition coefficient (Wildman–Crippen LogP) is 1.38. The molecule has 0 amide bonds. The summed E-state index contributed by atoms with van der Waals surface area (Å²) in [4.78, 5) is 2.46. The maximum atomic E-state index is 3.53. The minimum atomic E-state index is 0.685. The van der Waals surface area contributed by atoms with Gasteiger partial charge in [0.2, 0.25) is 0 Å². The van der Waals surface area contributed by atoms with E-state index in [9.17, 15) is 0 Å². The Morgan fingerprint density at radius 1 is 1.33 bits per heavy atom. The largest absolute Gasteiger partial charge is 0.314 e. The Hall–Kier alpha value is -0.900. The van der Waals surface area contributed by atoms with Crippen LogP contribution in [0.1, 0.15) is 17.5 Å². The van der Waals surface area contributed by atoms with Crippen LogP contribution in [0.25, 0.3) is 0 Å². The van der Waals surface area contributed by atoms with E-state index in [1.54, 1.807) is 0 Å². The third-order valence-corrected chi connectivity index (χ3v) is 3.75. The van der Waals surface area contributed by atoms with E-state index >= 15 is 0 Å². The van der Waals surface area contributed by atoms with Gasteiger partial charge < -0.3 is 15.5 Å². The molecule has 0 radical (unpaired) electrons. The fraction of sp³-hybridized carbons (Fsp3) is 0.600. The molecule has 1 saturated heterocycles. The molecule has 0 aromatic heterocycles. The molecule has 18 heavy (non-hydrogen) atoms. The number of nitrogens with zero attached hydrogens (tertiary/aromatic N) is 1. The molecule has 0 aliphatic carbocycles. The Balaban J connectivity index is 1.65. The first kappa shape index (κ1) is 13.5. The van der Waals surface area contributed by atoms with E-state index in [1.165, 1.54) is 24.1 Å². The minimum Gasteiger partial charge on any atom is -0.314 e. The molecule has 1 aromatic carbocycles. The number of benzene rings is 1. The van der Waals surface area contributed by atoms with Gasteiger partial charge >= 0.3 is 0 Å². The monoisotopic (exact) mass is 247 g/mol. The maximum Gasteiger partial charge on any atom is 0.0230 e. The van der Waals surface area contributed by atoms with Crippen LogP contribution in [-0.4, -0.2) is 44.2 Å². The van der Waals surface area contributed by atoms with Crippen molar-refractivity contribution in [1.82, 2.24) is 15.5 Å². The van der Waals surface area contributed by atoms with E-state index in [0.717, 1.165) is 26.2 Å². The third-order valence-electron chi connectivity index (χ3n) is 3.75. The molecule has 0 spiro atoms. The lowest BCUT2D eigenvalue weighted by Crippen LogP contribution is -2.50. The Morgan fingerprint density at radius 3 is 2.83 bits per heavy atom. The van der Waals surface area contributed by atoms with Gasteiger partial charge in [-0.05, 0) is 32.5 Å². The Kier molecular flexibility index (Phi) is 5.17. The highest BCUT2D eigenvalue weighted by Crippen LogP contribution is 2.05. The first-order chi connectivity index (χ1) is 8.75. The third kappa shape index (κ3) is 4.09. The highest BCUT2D eigenvalue weighted by molar-refractivity contribution is 5.20. The standard InChI is InChI=1S/C15H25N3/c1-13-3-5-14(6-4-13)11-16-8-7-15-12-17-9-10-18(15)2/h3-6,15-17H,7-12H2,1-2H3. The number of likely N-dealkylation sites (N-methyl/N-ethyl adjacent to an activating group) is 1. The lowest BCUT2D eigenvalue weighted by atomic mass is 10.1. The molecule has 0 saturated carbocycles. The van der Waals surface area contributed by atoms with Crippen LogP contribution in [-0.2, 0) is 6.54 Å². The van der Waals surface area contributed by atoms with Crippen molar-refractivity contribution in [3.8, 4) is 0 Å². The van der Waals surface area contributed by atoms with Crippen LogP contribution in [0, 0.1) is 6.92 Å². The average molecular weight is 247 g/mol. The second-order valence-electron chi connectivity index (χ2n) is 5.29. The van der Waals surface area contributed by atoms with E-state index in [0.29, 0.717) is 6.04 Å². The van der Waals surface area contributed by atoms with Crippen LogP contribution >= 0.6 is 0 Å². The number of piperazine rings is 1. The molecular weight excluding hydrogens is 222 g/mol. The Morgan fingerprint density at radius 2 is 2.11 bits per heavy atom. The fourth-order valence-corrected chi connectivity index (χ4v) is 2.39. The van der Waals surface area contributed by atoms with Gasteiger partial charge in [0.25, 0.3) is 0 Å². The lowest BCUT2D eigenvalue weighted by Gasteiger charge is -2.33. The van der Waals surface area contributed by atoms with Gasteiger partial charge in [0.1, 0.15) is 0 Å². The Bertz CT molecular complexity index is 347. The highest BCUT2D eigenvalue weighted by atomic mass is 15.2. The van der Waals surface area contributed by atoms with E-state index in [2.05, 4.69) is 53.8 Å². The highest BCUT2D eigenvalue weighted by Gasteiger charge is 2.17. The van der Waals surface area contributed by atoms with Gasteiger partial charge in [-0.3, -0.25) is 0 Å². The van der Waals surface area contributed by atoms with Crippen molar-refractivity contribution < 1.29 is 0 Å². The number of hydrogen-bond acceptors (Lipinski definition) is 3. The zero-order valence-corrected chi connectivity index (χ0v) is 11.6. The van der Waals surface area contributed by atoms with Crippen LogP contribution < -0.4 is 10.6 Å². The summed E-state index contributed by atoms with van der Waals surface area (Å²) in [6.45, 7) is 7.62. The lowest BCUT2D eigenvalue weighted by molar-refractivity contribution is 0.189. The molecule has 1 fully saturated rings. The van der Waals surface area contributed by atoms with E-state index in [4.69, 9.17) is 0 Å². The summed E-state index contributed by atoms with van der Waals surface area (Å²) >= 11 is 0. The van der Waals surface area contributed by atoms with Crippen LogP contribution in [0.5, 0.6) is 0 Å². The molecule has 1 unspecified atom stereocenters. The molecule has 100 valence electrons. The van der Waals surface area contributed by atoms with Gasteiger partial charge in [0.15, 0.2) is 0 Å². The molecule has 1 aliphatic rings. The van der Waals surface area contributed by atoms with Crippen molar-refractivity contribution in [3.05, 3.63) is 35.4 Å². The average Bonchev–Trinajstić information content (AvgIpc) is 2.39. The fourth-order valence-electron chi connectivity index (χ4n) is 2.39. The van der Waals surface area contributed by atoms with Crippen molar-refractivity contribution in [2.24, 2.45) is 0 Å². The molecule has 2 N–H and O–H groups in total. The zero-order valence-electron chi connectivity index (χ0n) is 11.6. The van der Waals surface area contributed by atoms with Crippen LogP contribution in [0.4, 0.5) is 0 Å². The molecular formula is C15H25N3. The molecule has 3 heteroatoms. The number of rotatable bonds is 5. The van der Waals surface area contributed by atoms with Crippen molar-refractivity contribution in [2.45, 2.75) is 25.9 Å². The van der Waals surface area contributed by atoms with Crippen molar-refractivity contribution in [2.75, 3.05) is 33.2 Å². The molecule has 2 rings (SSSR count). The van der Waals surface area contributed by atoms with E-state index in [1.807, 2.05) is 0 Å².